The van der Waals surface area contributed by atoms with Gasteiger partial charge in [-0.1, -0.05) is 53.7 Å². The van der Waals surface area contributed by atoms with E-state index in [4.69, 9.17) is 9.26 Å². The molecule has 150 valence electrons. The first-order chi connectivity index (χ1) is 14.1. The van der Waals surface area contributed by atoms with E-state index in [-0.39, 0.29) is 12.5 Å². The summed E-state index contributed by atoms with van der Waals surface area (Å²) in [5.41, 5.74) is 3.77. The van der Waals surface area contributed by atoms with Crippen molar-refractivity contribution in [2.24, 2.45) is 0 Å². The molecule has 1 amide bonds. The van der Waals surface area contributed by atoms with Gasteiger partial charge in [-0.15, -0.1) is 0 Å². The Morgan fingerprint density at radius 3 is 2.66 bits per heavy atom. The van der Waals surface area contributed by atoms with E-state index in [1.54, 1.807) is 6.07 Å². The molecule has 0 radical (unpaired) electrons. The summed E-state index contributed by atoms with van der Waals surface area (Å²) < 4.78 is 11.3. The predicted molar refractivity (Wildman–Crippen MR) is 111 cm³/mol. The van der Waals surface area contributed by atoms with Crippen LogP contribution in [-0.4, -0.2) is 29.1 Å². The van der Waals surface area contributed by atoms with Crippen molar-refractivity contribution >= 4 is 5.91 Å². The molecule has 0 aliphatic carbocycles. The molecule has 4 rings (SSSR count). The number of amides is 1. The molecule has 1 aliphatic rings. The molecule has 1 fully saturated rings. The fraction of sp³-hybridized carbons (Fsp3) is 0.333. The number of hydrogen-bond donors (Lipinski definition) is 0. The monoisotopic (exact) mass is 390 g/mol. The number of benzene rings is 2. The smallest absolute Gasteiger partial charge is 0.276 e. The molecule has 2 aromatic carbocycles. The second kappa shape index (κ2) is 8.52. The lowest BCUT2D eigenvalue weighted by molar-refractivity contribution is 0.0696. The normalized spacial score (nSPS) is 16.6. The number of aryl methyl sites for hydroxylation is 2. The third kappa shape index (κ3) is 4.34. The lowest BCUT2D eigenvalue weighted by atomic mass is 9.90. The van der Waals surface area contributed by atoms with E-state index in [1.165, 1.54) is 5.56 Å². The predicted octanol–water partition coefficient (Wildman–Crippen LogP) is 4.89. The van der Waals surface area contributed by atoms with Gasteiger partial charge in [0.25, 0.3) is 5.91 Å². The number of para-hydroxylation sites is 1. The van der Waals surface area contributed by atoms with Gasteiger partial charge in [0.1, 0.15) is 12.4 Å². The Kier molecular flexibility index (Phi) is 5.65. The van der Waals surface area contributed by atoms with Gasteiger partial charge in [-0.05, 0) is 43.4 Å². The molecule has 0 bridgehead atoms. The van der Waals surface area contributed by atoms with E-state index in [2.05, 4.69) is 29.4 Å². The maximum Gasteiger partial charge on any atom is 0.276 e. The number of likely N-dealkylation sites (tertiary alicyclic amines) is 1. The number of piperidine rings is 1. The molecule has 1 aliphatic heterocycles. The number of hydrogen-bond acceptors (Lipinski definition) is 4. The van der Waals surface area contributed by atoms with E-state index in [1.807, 2.05) is 43.0 Å². The molecule has 1 saturated heterocycles. The minimum atomic E-state index is -0.0762. The first-order valence-electron chi connectivity index (χ1n) is 10.1. The van der Waals surface area contributed by atoms with E-state index in [0.717, 1.165) is 36.3 Å². The van der Waals surface area contributed by atoms with Crippen molar-refractivity contribution in [2.45, 2.75) is 39.2 Å². The highest BCUT2D eigenvalue weighted by Gasteiger charge is 2.27. The Morgan fingerprint density at radius 1 is 1.14 bits per heavy atom. The first kappa shape index (κ1) is 19.2. The van der Waals surface area contributed by atoms with Crippen LogP contribution in [0.1, 0.15) is 51.7 Å². The van der Waals surface area contributed by atoms with Crippen molar-refractivity contribution in [1.82, 2.24) is 10.1 Å². The van der Waals surface area contributed by atoms with Gasteiger partial charge in [0.15, 0.2) is 11.5 Å². The van der Waals surface area contributed by atoms with E-state index in [9.17, 15) is 4.79 Å². The average molecular weight is 390 g/mol. The Hall–Kier alpha value is -3.08. The summed E-state index contributed by atoms with van der Waals surface area (Å²) in [5.74, 6) is 1.69. The summed E-state index contributed by atoms with van der Waals surface area (Å²) in [6.45, 7) is 5.74. The van der Waals surface area contributed by atoms with Crippen LogP contribution in [0.15, 0.2) is 59.1 Å². The quantitative estimate of drug-likeness (QED) is 0.622. The Balaban J connectivity index is 1.40. The number of ether oxygens (including phenoxy) is 1. The zero-order chi connectivity index (χ0) is 20.2. The van der Waals surface area contributed by atoms with Gasteiger partial charge in [-0.2, -0.15) is 0 Å². The lowest BCUT2D eigenvalue weighted by Gasteiger charge is -2.32. The zero-order valence-corrected chi connectivity index (χ0v) is 16.9. The SMILES string of the molecule is Cc1cccc(C)c1OCc1cc(C(=O)N2CCCC(c3ccccc3)C2)no1. The molecular formula is C24H26N2O3. The van der Waals surface area contributed by atoms with Gasteiger partial charge < -0.3 is 14.2 Å². The van der Waals surface area contributed by atoms with E-state index >= 15 is 0 Å². The molecule has 3 aromatic rings. The Morgan fingerprint density at radius 2 is 1.90 bits per heavy atom. The van der Waals surface area contributed by atoms with Crippen LogP contribution in [0.25, 0.3) is 0 Å². The summed E-state index contributed by atoms with van der Waals surface area (Å²) in [5, 5.41) is 4.00. The van der Waals surface area contributed by atoms with Crippen LogP contribution in [0, 0.1) is 13.8 Å². The molecule has 0 spiro atoms. The van der Waals surface area contributed by atoms with Crippen LogP contribution >= 0.6 is 0 Å². The zero-order valence-electron chi connectivity index (χ0n) is 16.9. The third-order valence-electron chi connectivity index (χ3n) is 5.53. The maximum absolute atomic E-state index is 12.9. The molecule has 5 heteroatoms. The standard InChI is InChI=1S/C24H26N2O3/c1-17-8-6-9-18(2)23(17)28-16-21-14-22(25-29-21)24(27)26-13-7-12-20(15-26)19-10-4-3-5-11-19/h3-6,8-11,14,20H,7,12-13,15-16H2,1-2H3. The maximum atomic E-state index is 12.9. The molecule has 0 N–H and O–H groups in total. The second-order valence-electron chi connectivity index (χ2n) is 7.69. The van der Waals surface area contributed by atoms with Crippen LogP contribution in [0.5, 0.6) is 5.75 Å². The Labute approximate surface area is 171 Å². The van der Waals surface area contributed by atoms with Crippen LogP contribution < -0.4 is 4.74 Å². The van der Waals surface area contributed by atoms with Crippen LogP contribution in [-0.2, 0) is 6.61 Å². The summed E-state index contributed by atoms with van der Waals surface area (Å²) in [6, 6.07) is 18.1. The van der Waals surface area contributed by atoms with Crippen molar-refractivity contribution in [3.63, 3.8) is 0 Å². The van der Waals surface area contributed by atoms with Crippen molar-refractivity contribution in [3.05, 3.63) is 82.7 Å². The minimum absolute atomic E-state index is 0.0762. The molecule has 1 aromatic heterocycles. The third-order valence-corrected chi connectivity index (χ3v) is 5.53. The van der Waals surface area contributed by atoms with Crippen molar-refractivity contribution in [2.75, 3.05) is 13.1 Å². The van der Waals surface area contributed by atoms with Gasteiger partial charge in [0, 0.05) is 25.1 Å². The molecule has 1 atom stereocenters. The second-order valence-corrected chi connectivity index (χ2v) is 7.69. The number of carbonyl (C=O) groups is 1. The molecule has 1 unspecified atom stereocenters. The number of aromatic nitrogens is 1. The van der Waals surface area contributed by atoms with Crippen LogP contribution in [0.3, 0.4) is 0 Å². The minimum Gasteiger partial charge on any atom is -0.485 e. The van der Waals surface area contributed by atoms with Crippen molar-refractivity contribution in [3.8, 4) is 5.75 Å². The van der Waals surface area contributed by atoms with Crippen LogP contribution in [0.4, 0.5) is 0 Å². The number of carbonyl (C=O) groups excluding carboxylic acids is 1. The van der Waals surface area contributed by atoms with E-state index in [0.29, 0.717) is 23.9 Å². The summed E-state index contributed by atoms with van der Waals surface area (Å²) in [4.78, 5) is 14.8. The summed E-state index contributed by atoms with van der Waals surface area (Å²) in [6.07, 6.45) is 2.09. The van der Waals surface area contributed by atoms with Gasteiger partial charge in [0.2, 0.25) is 0 Å². The fourth-order valence-electron chi connectivity index (χ4n) is 3.97. The molecular weight excluding hydrogens is 364 g/mol. The molecule has 29 heavy (non-hydrogen) atoms. The molecule has 5 nitrogen and oxygen atoms in total. The van der Waals surface area contributed by atoms with Gasteiger partial charge in [-0.3, -0.25) is 4.79 Å². The van der Waals surface area contributed by atoms with Crippen molar-refractivity contribution in [1.29, 1.82) is 0 Å². The van der Waals surface area contributed by atoms with Gasteiger partial charge >= 0.3 is 0 Å². The summed E-state index contributed by atoms with van der Waals surface area (Å²) in [7, 11) is 0. The van der Waals surface area contributed by atoms with Crippen LogP contribution in [0.2, 0.25) is 0 Å². The summed E-state index contributed by atoms with van der Waals surface area (Å²) >= 11 is 0. The fourth-order valence-corrected chi connectivity index (χ4v) is 3.97. The first-order valence-corrected chi connectivity index (χ1v) is 10.1. The topological polar surface area (TPSA) is 55.6 Å². The highest BCUT2D eigenvalue weighted by atomic mass is 16.5. The highest BCUT2D eigenvalue weighted by molar-refractivity contribution is 5.92. The highest BCUT2D eigenvalue weighted by Crippen LogP contribution is 2.28. The number of rotatable bonds is 5. The molecule has 2 heterocycles. The lowest BCUT2D eigenvalue weighted by Crippen LogP contribution is -2.39. The number of nitrogens with zero attached hydrogens (tertiary/aromatic N) is 2. The van der Waals surface area contributed by atoms with Gasteiger partial charge in [0.05, 0.1) is 0 Å². The molecule has 0 saturated carbocycles. The largest absolute Gasteiger partial charge is 0.485 e. The van der Waals surface area contributed by atoms with E-state index < -0.39 is 0 Å². The average Bonchev–Trinajstić information content (AvgIpc) is 3.22. The van der Waals surface area contributed by atoms with Crippen molar-refractivity contribution < 1.29 is 14.1 Å². The van der Waals surface area contributed by atoms with Gasteiger partial charge in [-0.25, -0.2) is 0 Å². The Bertz CT molecular complexity index is 961.